The summed E-state index contributed by atoms with van der Waals surface area (Å²) in [7, 11) is 0. The maximum Gasteiger partial charge on any atom is 0.490 e. The number of nitrogens with zero attached hydrogens (tertiary/aromatic N) is 1. The van der Waals surface area contributed by atoms with Crippen LogP contribution in [0.5, 0.6) is 0 Å². The highest BCUT2D eigenvalue weighted by Crippen LogP contribution is 2.29. The van der Waals surface area contributed by atoms with Crippen molar-refractivity contribution in [3.8, 4) is 6.07 Å². The van der Waals surface area contributed by atoms with E-state index in [2.05, 4.69) is 22.0 Å². The molecule has 2 aromatic carbocycles. The summed E-state index contributed by atoms with van der Waals surface area (Å²) in [5.41, 5.74) is 2.38. The molecular weight excluding hydrogens is 528 g/mol. The molecule has 0 saturated heterocycles. The van der Waals surface area contributed by atoms with E-state index in [9.17, 15) is 22.4 Å². The van der Waals surface area contributed by atoms with Crippen molar-refractivity contribution in [3.05, 3.63) is 65.5 Å². The van der Waals surface area contributed by atoms with Crippen LogP contribution in [-0.2, 0) is 11.2 Å². The molecule has 40 heavy (non-hydrogen) atoms. The zero-order valence-electron chi connectivity index (χ0n) is 22.0. The van der Waals surface area contributed by atoms with Gasteiger partial charge >= 0.3 is 18.2 Å². The van der Waals surface area contributed by atoms with E-state index in [1.54, 1.807) is 36.4 Å². The Hall–Kier alpha value is -3.65. The van der Waals surface area contributed by atoms with Crippen LogP contribution in [0.1, 0.15) is 62.5 Å². The van der Waals surface area contributed by atoms with Crippen LogP contribution >= 0.6 is 0 Å². The molecule has 4 N–H and O–H groups in total. The molecule has 11 heteroatoms. The molecule has 2 saturated carbocycles. The number of halogens is 4. The van der Waals surface area contributed by atoms with Gasteiger partial charge in [0, 0.05) is 23.8 Å². The fourth-order valence-corrected chi connectivity index (χ4v) is 5.29. The lowest BCUT2D eigenvalue weighted by Gasteiger charge is -2.38. The van der Waals surface area contributed by atoms with Gasteiger partial charge in [-0.3, -0.25) is 0 Å². The molecule has 2 fully saturated rings. The predicted octanol–water partition coefficient (Wildman–Crippen LogP) is 6.15. The fraction of sp³-hybridized carbons (Fsp3) is 0.483. The average molecular weight is 563 g/mol. The van der Waals surface area contributed by atoms with E-state index in [1.165, 1.54) is 24.8 Å². The topological polar surface area (TPSA) is 114 Å². The van der Waals surface area contributed by atoms with E-state index in [0.29, 0.717) is 23.2 Å². The second kappa shape index (κ2) is 14.7. The molecule has 0 spiro atoms. The van der Waals surface area contributed by atoms with Gasteiger partial charge in [0.1, 0.15) is 5.82 Å². The highest BCUT2D eigenvalue weighted by atomic mass is 19.4. The minimum absolute atomic E-state index is 0.106. The Morgan fingerprint density at radius 2 is 1.57 bits per heavy atom. The van der Waals surface area contributed by atoms with Crippen LogP contribution < -0.4 is 16.0 Å². The zero-order chi connectivity index (χ0) is 29.1. The highest BCUT2D eigenvalue weighted by Gasteiger charge is 2.38. The van der Waals surface area contributed by atoms with Crippen molar-refractivity contribution in [1.29, 1.82) is 5.26 Å². The Balaban J connectivity index is 0.000000559. The van der Waals surface area contributed by atoms with Crippen LogP contribution in [0.2, 0.25) is 0 Å². The van der Waals surface area contributed by atoms with Gasteiger partial charge in [-0.1, -0.05) is 31.0 Å². The van der Waals surface area contributed by atoms with E-state index in [4.69, 9.17) is 15.2 Å². The van der Waals surface area contributed by atoms with Crippen LogP contribution in [0.25, 0.3) is 0 Å². The first-order valence-corrected chi connectivity index (χ1v) is 13.4. The molecule has 2 atom stereocenters. The number of carboxylic acid groups (broad SMARTS) is 1. The molecule has 0 bridgehead atoms. The summed E-state index contributed by atoms with van der Waals surface area (Å²) < 4.78 is 44.9. The average Bonchev–Trinajstić information content (AvgIpc) is 2.92. The fourth-order valence-electron chi connectivity index (χ4n) is 5.29. The first-order chi connectivity index (χ1) is 19.0. The van der Waals surface area contributed by atoms with E-state index >= 15 is 0 Å². The Labute approximate surface area is 231 Å². The van der Waals surface area contributed by atoms with Gasteiger partial charge in [0.25, 0.3) is 0 Å². The van der Waals surface area contributed by atoms with Crippen molar-refractivity contribution >= 4 is 17.7 Å². The minimum atomic E-state index is -5.08. The van der Waals surface area contributed by atoms with Gasteiger partial charge in [0.2, 0.25) is 0 Å². The van der Waals surface area contributed by atoms with Gasteiger partial charge in [-0.15, -0.1) is 0 Å². The SMILES string of the molecule is N#Cc1cccc(NC(=O)N[C@H]2CCCC[C@@H]2N[C@H]2CC[C@@H](Cc3ccc(F)cc3)CC2)c1.O=C(O)C(F)(F)F. The number of hydrogen-bond acceptors (Lipinski definition) is 4. The molecule has 0 heterocycles. The molecule has 0 radical (unpaired) electrons. The van der Waals surface area contributed by atoms with E-state index < -0.39 is 12.1 Å². The summed E-state index contributed by atoms with van der Waals surface area (Å²) in [6, 6.07) is 16.6. The number of alkyl halides is 3. The molecule has 0 aromatic heterocycles. The largest absolute Gasteiger partial charge is 0.490 e. The Morgan fingerprint density at radius 3 is 2.17 bits per heavy atom. The third-order valence-electron chi connectivity index (χ3n) is 7.31. The number of anilines is 1. The molecule has 2 amide bonds. The lowest BCUT2D eigenvalue weighted by molar-refractivity contribution is -0.192. The Morgan fingerprint density at radius 1 is 0.950 bits per heavy atom. The maximum atomic E-state index is 13.1. The molecule has 2 aliphatic rings. The quantitative estimate of drug-likeness (QED) is 0.315. The lowest BCUT2D eigenvalue weighted by atomic mass is 9.81. The number of rotatable bonds is 6. The summed E-state index contributed by atoms with van der Waals surface area (Å²) in [4.78, 5) is 21.5. The molecule has 2 aliphatic carbocycles. The van der Waals surface area contributed by atoms with E-state index in [-0.39, 0.29) is 23.9 Å². The molecule has 0 aliphatic heterocycles. The molecular formula is C29H34F4N4O3. The Bertz CT molecular complexity index is 1160. The summed E-state index contributed by atoms with van der Waals surface area (Å²) in [6.45, 7) is 0. The van der Waals surface area contributed by atoms with Crippen molar-refractivity contribution < 1.29 is 32.3 Å². The monoisotopic (exact) mass is 562 g/mol. The van der Waals surface area contributed by atoms with E-state index in [0.717, 1.165) is 38.5 Å². The first-order valence-electron chi connectivity index (χ1n) is 13.4. The van der Waals surface area contributed by atoms with Crippen molar-refractivity contribution in [2.24, 2.45) is 5.92 Å². The maximum absolute atomic E-state index is 13.1. The van der Waals surface area contributed by atoms with E-state index in [1.807, 2.05) is 12.1 Å². The van der Waals surface area contributed by atoms with Gasteiger partial charge in [0.05, 0.1) is 11.6 Å². The number of aliphatic carboxylic acids is 1. The van der Waals surface area contributed by atoms with Crippen molar-refractivity contribution in [2.45, 2.75) is 82.1 Å². The van der Waals surface area contributed by atoms with Crippen LogP contribution in [0.4, 0.5) is 28.0 Å². The third-order valence-corrected chi connectivity index (χ3v) is 7.31. The number of amides is 2. The van der Waals surface area contributed by atoms with Crippen LogP contribution in [-0.4, -0.2) is 41.4 Å². The number of nitrogens with one attached hydrogen (secondary N) is 3. The minimum Gasteiger partial charge on any atom is -0.475 e. The van der Waals surface area contributed by atoms with Crippen LogP contribution in [0.3, 0.4) is 0 Å². The smallest absolute Gasteiger partial charge is 0.475 e. The van der Waals surface area contributed by atoms with Gasteiger partial charge in [0.15, 0.2) is 0 Å². The van der Waals surface area contributed by atoms with Gasteiger partial charge in [-0.2, -0.15) is 18.4 Å². The predicted molar refractivity (Wildman–Crippen MR) is 142 cm³/mol. The number of urea groups is 1. The standard InChI is InChI=1S/C27H33FN4O.C2HF3O2/c28-22-12-8-19(9-13-22)16-20-10-14-23(15-11-20)30-25-6-1-2-7-26(25)32-27(33)31-24-5-3-4-21(17-24)18-29;3-2(4,5)1(6)7/h3-5,8-9,12-13,17,20,23,25-26,30H,1-2,6-7,10-11,14-16H2,(H2,31,32,33);(H,6,7)/t20-,23+,25-,26-;/m0./s1. The summed E-state index contributed by atoms with van der Waals surface area (Å²) in [6.07, 6.45) is 4.93. The molecule has 4 rings (SSSR count). The second-order valence-electron chi connectivity index (χ2n) is 10.3. The lowest BCUT2D eigenvalue weighted by Crippen LogP contribution is -2.55. The highest BCUT2D eigenvalue weighted by molar-refractivity contribution is 5.89. The first kappa shape index (κ1) is 30.9. The number of carbonyl (C=O) groups is 2. The summed E-state index contributed by atoms with van der Waals surface area (Å²) >= 11 is 0. The van der Waals surface area contributed by atoms with Gasteiger partial charge in [-0.05, 0) is 86.8 Å². The molecule has 7 nitrogen and oxygen atoms in total. The second-order valence-corrected chi connectivity index (χ2v) is 10.3. The molecule has 2 aromatic rings. The summed E-state index contributed by atoms with van der Waals surface area (Å²) in [5, 5.41) is 26.1. The summed E-state index contributed by atoms with van der Waals surface area (Å²) in [5.74, 6) is -2.28. The van der Waals surface area contributed by atoms with Crippen LogP contribution in [0, 0.1) is 23.1 Å². The van der Waals surface area contributed by atoms with Crippen LogP contribution in [0.15, 0.2) is 48.5 Å². The number of carbonyl (C=O) groups excluding carboxylic acids is 1. The van der Waals surface area contributed by atoms with Gasteiger partial charge < -0.3 is 21.1 Å². The zero-order valence-corrected chi connectivity index (χ0v) is 22.0. The molecule has 216 valence electrons. The number of hydrogen-bond donors (Lipinski definition) is 4. The number of benzene rings is 2. The van der Waals surface area contributed by atoms with Gasteiger partial charge in [-0.25, -0.2) is 14.0 Å². The molecule has 0 unspecified atom stereocenters. The third kappa shape index (κ3) is 10.2. The van der Waals surface area contributed by atoms with Crippen molar-refractivity contribution in [3.63, 3.8) is 0 Å². The van der Waals surface area contributed by atoms with Crippen molar-refractivity contribution in [1.82, 2.24) is 10.6 Å². The Kier molecular flexibility index (Phi) is 11.3. The number of carboxylic acids is 1. The van der Waals surface area contributed by atoms with Crippen molar-refractivity contribution in [2.75, 3.05) is 5.32 Å². The number of nitriles is 1. The normalized spacial score (nSPS) is 22.7.